The van der Waals surface area contributed by atoms with E-state index in [1.54, 1.807) is 18.2 Å². The predicted octanol–water partition coefficient (Wildman–Crippen LogP) is 5.44. The number of anilines is 4. The van der Waals surface area contributed by atoms with Gasteiger partial charge < -0.3 is 20.4 Å². The summed E-state index contributed by atoms with van der Waals surface area (Å²) in [6, 6.07) is 8.22. The first-order valence-corrected chi connectivity index (χ1v) is 12.4. The molecule has 36 heavy (non-hydrogen) atoms. The average molecular weight is 497 g/mol. The molecule has 9 heteroatoms. The number of benzene rings is 2. The Morgan fingerprint density at radius 3 is 2.50 bits per heavy atom. The first-order valence-electron chi connectivity index (χ1n) is 12.4. The number of hydrogen-bond donors (Lipinski definition) is 2. The molecule has 1 saturated heterocycles. The van der Waals surface area contributed by atoms with E-state index in [2.05, 4.69) is 25.5 Å². The number of aromatic nitrogens is 2. The molecule has 0 amide bonds. The largest absolute Gasteiger partial charge is 0.369 e. The van der Waals surface area contributed by atoms with Crippen LogP contribution in [0.3, 0.4) is 0 Å². The normalized spacial score (nSPS) is 16.4. The molecule has 3 aromatic rings. The lowest BCUT2D eigenvalue weighted by molar-refractivity contribution is 0.445. The molecule has 0 atom stereocenters. The Bertz CT molecular complexity index is 1260. The predicted molar refractivity (Wildman–Crippen MR) is 138 cm³/mol. The summed E-state index contributed by atoms with van der Waals surface area (Å²) in [6.45, 7) is 7.28. The van der Waals surface area contributed by atoms with Crippen LogP contribution >= 0.6 is 0 Å². The van der Waals surface area contributed by atoms with E-state index in [0.717, 1.165) is 38.7 Å². The Morgan fingerprint density at radius 2 is 1.78 bits per heavy atom. The zero-order valence-electron chi connectivity index (χ0n) is 20.8. The fourth-order valence-corrected chi connectivity index (χ4v) is 5.17. The summed E-state index contributed by atoms with van der Waals surface area (Å²) >= 11 is 0. The molecular weight excluding hydrogens is 465 g/mol. The Morgan fingerprint density at radius 1 is 1.00 bits per heavy atom. The number of fused-ring (bicyclic) bond motifs is 1. The minimum Gasteiger partial charge on any atom is -0.369 e. The Labute approximate surface area is 209 Å². The number of likely N-dealkylation sites (N-methyl/N-ethyl adjacent to an activating group) is 1. The van der Waals surface area contributed by atoms with Crippen molar-refractivity contribution in [3.05, 3.63) is 59.5 Å². The van der Waals surface area contributed by atoms with Crippen LogP contribution in [0.4, 0.5) is 36.2 Å². The first kappa shape index (κ1) is 24.4. The van der Waals surface area contributed by atoms with Gasteiger partial charge in [0.15, 0.2) is 5.82 Å². The third-order valence-corrected chi connectivity index (χ3v) is 7.09. The van der Waals surface area contributed by atoms with Crippen LogP contribution in [0.25, 0.3) is 11.3 Å². The van der Waals surface area contributed by atoms with Gasteiger partial charge in [0, 0.05) is 37.4 Å². The molecule has 3 heterocycles. The second-order valence-corrected chi connectivity index (χ2v) is 9.81. The van der Waals surface area contributed by atoms with E-state index in [1.807, 2.05) is 25.8 Å². The maximum Gasteiger partial charge on any atom is 0.227 e. The molecule has 0 aliphatic carbocycles. The van der Waals surface area contributed by atoms with Gasteiger partial charge >= 0.3 is 0 Å². The molecule has 190 valence electrons. The zero-order chi connectivity index (χ0) is 25.4. The molecule has 2 aliphatic heterocycles. The third-order valence-electron chi connectivity index (χ3n) is 7.09. The van der Waals surface area contributed by atoms with Crippen LogP contribution in [0.2, 0.25) is 0 Å². The van der Waals surface area contributed by atoms with E-state index in [1.165, 1.54) is 12.1 Å². The van der Waals surface area contributed by atoms with Crippen LogP contribution in [0, 0.1) is 17.5 Å². The Hall–Kier alpha value is -3.33. The molecule has 0 radical (unpaired) electrons. The molecule has 2 N–H and O–H groups in total. The van der Waals surface area contributed by atoms with Crippen LogP contribution < -0.4 is 20.4 Å². The van der Waals surface area contributed by atoms with Gasteiger partial charge in [-0.3, -0.25) is 0 Å². The number of nitrogens with zero attached hydrogens (tertiary/aromatic N) is 4. The summed E-state index contributed by atoms with van der Waals surface area (Å²) in [6.07, 6.45) is 2.85. The highest BCUT2D eigenvalue weighted by Crippen LogP contribution is 2.40. The molecule has 2 aromatic carbocycles. The Balaban J connectivity index is 1.45. The minimum absolute atomic E-state index is 0.0158. The van der Waals surface area contributed by atoms with Gasteiger partial charge in [-0.15, -0.1) is 0 Å². The smallest absolute Gasteiger partial charge is 0.227 e. The van der Waals surface area contributed by atoms with Crippen molar-refractivity contribution in [1.82, 2.24) is 15.3 Å². The lowest BCUT2D eigenvalue weighted by Crippen LogP contribution is -2.43. The van der Waals surface area contributed by atoms with Crippen molar-refractivity contribution < 1.29 is 13.2 Å². The summed E-state index contributed by atoms with van der Waals surface area (Å²) in [5.74, 6) is -1.08. The summed E-state index contributed by atoms with van der Waals surface area (Å²) in [7, 11) is 1.85. The van der Waals surface area contributed by atoms with Crippen molar-refractivity contribution in [3.63, 3.8) is 0 Å². The van der Waals surface area contributed by atoms with Gasteiger partial charge in [0.05, 0.1) is 17.6 Å². The first-order chi connectivity index (χ1) is 17.3. The molecule has 0 saturated carbocycles. The SMILES string of the molecule is CC(C)N1CCN(C)c2c(F)cc(-c3nc(Nc4ccc(C5CCNCC5)c(F)c4)ncc3F)cc21. The number of rotatable bonds is 5. The number of hydrogen-bond acceptors (Lipinski definition) is 6. The van der Waals surface area contributed by atoms with Gasteiger partial charge in [0.2, 0.25) is 5.95 Å². The van der Waals surface area contributed by atoms with Crippen molar-refractivity contribution in [2.24, 2.45) is 0 Å². The van der Waals surface area contributed by atoms with E-state index in [0.29, 0.717) is 34.7 Å². The Kier molecular flexibility index (Phi) is 6.75. The summed E-state index contributed by atoms with van der Waals surface area (Å²) in [5.41, 5.74) is 2.67. The van der Waals surface area contributed by atoms with E-state index in [4.69, 9.17) is 0 Å². The fraction of sp³-hybridized carbons (Fsp3) is 0.407. The number of piperidine rings is 1. The lowest BCUT2D eigenvalue weighted by atomic mass is 9.90. The highest BCUT2D eigenvalue weighted by Gasteiger charge is 2.27. The third kappa shape index (κ3) is 4.72. The van der Waals surface area contributed by atoms with Gasteiger partial charge in [-0.25, -0.2) is 23.1 Å². The topological polar surface area (TPSA) is 56.3 Å². The zero-order valence-corrected chi connectivity index (χ0v) is 20.8. The van der Waals surface area contributed by atoms with Crippen molar-refractivity contribution >= 4 is 23.0 Å². The maximum absolute atomic E-state index is 15.2. The molecule has 0 bridgehead atoms. The molecule has 1 fully saturated rings. The van der Waals surface area contributed by atoms with Crippen molar-refractivity contribution in [2.45, 2.75) is 38.6 Å². The second kappa shape index (κ2) is 9.97. The second-order valence-electron chi connectivity index (χ2n) is 9.81. The highest BCUT2D eigenvalue weighted by atomic mass is 19.1. The summed E-state index contributed by atoms with van der Waals surface area (Å²) in [5, 5.41) is 6.26. The number of halogens is 3. The van der Waals surface area contributed by atoms with Crippen molar-refractivity contribution in [1.29, 1.82) is 0 Å². The number of nitrogens with one attached hydrogen (secondary N) is 2. The lowest BCUT2D eigenvalue weighted by Gasteiger charge is -2.39. The van der Waals surface area contributed by atoms with E-state index >= 15 is 4.39 Å². The van der Waals surface area contributed by atoms with Gasteiger partial charge in [0.25, 0.3) is 0 Å². The van der Waals surface area contributed by atoms with Gasteiger partial charge in [-0.05, 0) is 75.5 Å². The maximum atomic E-state index is 15.2. The standard InChI is InChI=1S/C27H31F3N6/c1-16(2)36-11-10-35(3)26-22(29)12-18(13-24(26)36)25-23(30)15-32-27(34-25)33-19-4-5-20(21(28)14-19)17-6-8-31-9-7-17/h4-5,12-17,31H,6-11H2,1-3H3,(H,32,33,34). The quantitative estimate of drug-likeness (QED) is 0.491. The van der Waals surface area contributed by atoms with Crippen molar-refractivity contribution in [2.75, 3.05) is 48.3 Å². The molecular formula is C27H31F3N6. The molecule has 5 rings (SSSR count). The monoisotopic (exact) mass is 496 g/mol. The molecule has 2 aliphatic rings. The summed E-state index contributed by atoms with van der Waals surface area (Å²) < 4.78 is 44.9. The summed E-state index contributed by atoms with van der Waals surface area (Å²) in [4.78, 5) is 12.3. The van der Waals surface area contributed by atoms with Gasteiger partial charge in [-0.1, -0.05) is 6.07 Å². The molecule has 0 unspecified atom stereocenters. The van der Waals surface area contributed by atoms with E-state index in [-0.39, 0.29) is 29.4 Å². The van der Waals surface area contributed by atoms with Gasteiger partial charge in [0.1, 0.15) is 17.3 Å². The van der Waals surface area contributed by atoms with Crippen LogP contribution in [-0.2, 0) is 0 Å². The van der Waals surface area contributed by atoms with Gasteiger partial charge in [-0.2, -0.15) is 0 Å². The van der Waals surface area contributed by atoms with E-state index < -0.39 is 11.6 Å². The van der Waals surface area contributed by atoms with Crippen LogP contribution in [0.15, 0.2) is 36.5 Å². The van der Waals surface area contributed by atoms with Crippen LogP contribution in [0.1, 0.15) is 38.2 Å². The highest BCUT2D eigenvalue weighted by molar-refractivity contribution is 5.80. The van der Waals surface area contributed by atoms with E-state index in [9.17, 15) is 8.78 Å². The molecule has 6 nitrogen and oxygen atoms in total. The van der Waals surface area contributed by atoms with Crippen LogP contribution in [0.5, 0.6) is 0 Å². The average Bonchev–Trinajstić information content (AvgIpc) is 2.85. The van der Waals surface area contributed by atoms with Crippen molar-refractivity contribution in [3.8, 4) is 11.3 Å². The fourth-order valence-electron chi connectivity index (χ4n) is 5.17. The van der Waals surface area contributed by atoms with Crippen LogP contribution in [-0.4, -0.2) is 49.2 Å². The molecule has 0 spiro atoms. The molecule has 1 aromatic heterocycles. The minimum atomic E-state index is -0.660.